The molecule has 6 nitrogen and oxygen atoms in total. The Morgan fingerprint density at radius 2 is 2.04 bits per heavy atom. The molecule has 0 atom stereocenters. The van der Waals surface area contributed by atoms with E-state index in [-0.39, 0.29) is 6.03 Å². The van der Waals surface area contributed by atoms with E-state index in [1.54, 1.807) is 11.2 Å². The molecule has 0 saturated carbocycles. The largest absolute Gasteiger partial charge is 0.338 e. The molecule has 2 amide bonds. The summed E-state index contributed by atoms with van der Waals surface area (Å²) < 4.78 is 28.0. The van der Waals surface area contributed by atoms with Crippen molar-refractivity contribution in [3.8, 4) is 0 Å². The van der Waals surface area contributed by atoms with Gasteiger partial charge in [0.1, 0.15) is 12.2 Å². The third kappa shape index (κ3) is 4.12. The minimum Gasteiger partial charge on any atom is -0.338 e. The molecule has 2 heterocycles. The van der Waals surface area contributed by atoms with Gasteiger partial charge in [-0.05, 0) is 37.0 Å². The van der Waals surface area contributed by atoms with E-state index < -0.39 is 11.6 Å². The van der Waals surface area contributed by atoms with Crippen molar-refractivity contribution in [1.82, 2.24) is 25.0 Å². The topological polar surface area (TPSA) is 63.1 Å². The van der Waals surface area contributed by atoms with Crippen LogP contribution in [0, 0.1) is 11.6 Å². The zero-order valence-corrected chi connectivity index (χ0v) is 14.1. The number of piperidine rings is 1. The highest BCUT2D eigenvalue weighted by molar-refractivity contribution is 5.74. The standard InChI is InChI=1S/C17H21F2N5O/c1-23-11-21-22-16(23)13-5-8-24(9-6-13)17(25)20-7-4-12-2-3-14(18)15(19)10-12/h2-3,10-11,13H,4-9H2,1H3,(H,20,25). The number of nitrogens with zero attached hydrogens (tertiary/aromatic N) is 4. The van der Waals surface area contributed by atoms with E-state index in [4.69, 9.17) is 0 Å². The van der Waals surface area contributed by atoms with Gasteiger partial charge < -0.3 is 14.8 Å². The molecule has 1 aliphatic rings. The van der Waals surface area contributed by atoms with Crippen LogP contribution in [0.2, 0.25) is 0 Å². The van der Waals surface area contributed by atoms with Crippen molar-refractivity contribution in [2.45, 2.75) is 25.2 Å². The molecule has 1 aromatic carbocycles. The molecular weight excluding hydrogens is 328 g/mol. The Balaban J connectivity index is 1.43. The van der Waals surface area contributed by atoms with Crippen molar-refractivity contribution >= 4 is 6.03 Å². The molecule has 3 rings (SSSR count). The highest BCUT2D eigenvalue weighted by Gasteiger charge is 2.26. The molecule has 1 saturated heterocycles. The lowest BCUT2D eigenvalue weighted by Crippen LogP contribution is -2.44. The molecule has 0 bridgehead atoms. The molecule has 0 unspecified atom stereocenters. The SMILES string of the molecule is Cn1cnnc1C1CCN(C(=O)NCCc2ccc(F)c(F)c2)CC1. The summed E-state index contributed by atoms with van der Waals surface area (Å²) in [7, 11) is 1.92. The zero-order chi connectivity index (χ0) is 17.8. The monoisotopic (exact) mass is 349 g/mol. The number of hydrogen-bond donors (Lipinski definition) is 1. The lowest BCUT2D eigenvalue weighted by Gasteiger charge is -2.31. The van der Waals surface area contributed by atoms with Crippen LogP contribution in [0.5, 0.6) is 0 Å². The molecule has 0 spiro atoms. The second kappa shape index (κ2) is 7.58. The molecular formula is C17H21F2N5O. The number of halogens is 2. The summed E-state index contributed by atoms with van der Waals surface area (Å²) in [5, 5.41) is 10.9. The Labute approximate surface area is 144 Å². The van der Waals surface area contributed by atoms with Crippen molar-refractivity contribution in [3.05, 3.63) is 47.5 Å². The fraction of sp³-hybridized carbons (Fsp3) is 0.471. The molecule has 1 aromatic heterocycles. The molecule has 1 fully saturated rings. The molecule has 1 N–H and O–H groups in total. The summed E-state index contributed by atoms with van der Waals surface area (Å²) in [5.74, 6) is -0.453. The number of hydrogen-bond acceptors (Lipinski definition) is 3. The average molecular weight is 349 g/mol. The predicted octanol–water partition coefficient (Wildman–Crippen LogP) is 2.22. The van der Waals surface area contributed by atoms with Crippen LogP contribution in [0.15, 0.2) is 24.5 Å². The third-order valence-corrected chi connectivity index (χ3v) is 4.57. The first-order chi connectivity index (χ1) is 12.0. The number of carbonyl (C=O) groups excluding carboxylic acids is 1. The third-order valence-electron chi connectivity index (χ3n) is 4.57. The normalized spacial score (nSPS) is 15.4. The van der Waals surface area contributed by atoms with Crippen molar-refractivity contribution in [1.29, 1.82) is 0 Å². The maximum atomic E-state index is 13.2. The van der Waals surface area contributed by atoms with E-state index >= 15 is 0 Å². The van der Waals surface area contributed by atoms with Gasteiger partial charge >= 0.3 is 6.03 Å². The minimum atomic E-state index is -0.866. The molecule has 134 valence electrons. The van der Waals surface area contributed by atoms with Crippen molar-refractivity contribution in [2.75, 3.05) is 19.6 Å². The number of aryl methyl sites for hydroxylation is 1. The van der Waals surface area contributed by atoms with Gasteiger partial charge in [-0.1, -0.05) is 6.07 Å². The molecule has 25 heavy (non-hydrogen) atoms. The number of nitrogens with one attached hydrogen (secondary N) is 1. The van der Waals surface area contributed by atoms with E-state index in [1.807, 2.05) is 11.6 Å². The summed E-state index contributed by atoms with van der Waals surface area (Å²) in [6.07, 6.45) is 3.84. The Bertz CT molecular complexity index is 740. The second-order valence-electron chi connectivity index (χ2n) is 6.29. The van der Waals surface area contributed by atoms with E-state index in [0.29, 0.717) is 37.5 Å². The number of urea groups is 1. The van der Waals surface area contributed by atoms with Gasteiger partial charge in [0, 0.05) is 32.6 Å². The number of rotatable bonds is 4. The minimum absolute atomic E-state index is 0.126. The highest BCUT2D eigenvalue weighted by Crippen LogP contribution is 2.25. The van der Waals surface area contributed by atoms with E-state index in [9.17, 15) is 13.6 Å². The van der Waals surface area contributed by atoms with Crippen molar-refractivity contribution in [2.24, 2.45) is 7.05 Å². The summed E-state index contributed by atoms with van der Waals surface area (Å²) in [6, 6.07) is 3.66. The van der Waals surface area contributed by atoms with Gasteiger partial charge in [-0.25, -0.2) is 13.6 Å². The van der Waals surface area contributed by atoms with Crippen LogP contribution in [-0.2, 0) is 13.5 Å². The quantitative estimate of drug-likeness (QED) is 0.921. The highest BCUT2D eigenvalue weighted by atomic mass is 19.2. The lowest BCUT2D eigenvalue weighted by atomic mass is 9.96. The number of benzene rings is 1. The first-order valence-corrected chi connectivity index (χ1v) is 8.35. The Hall–Kier alpha value is -2.51. The van der Waals surface area contributed by atoms with Crippen LogP contribution in [0.3, 0.4) is 0 Å². The molecule has 0 aliphatic carbocycles. The van der Waals surface area contributed by atoms with Crippen LogP contribution < -0.4 is 5.32 Å². The summed E-state index contributed by atoms with van der Waals surface area (Å²) in [6.45, 7) is 1.70. The summed E-state index contributed by atoms with van der Waals surface area (Å²) in [5.41, 5.74) is 0.653. The van der Waals surface area contributed by atoms with Gasteiger partial charge in [-0.2, -0.15) is 0 Å². The lowest BCUT2D eigenvalue weighted by molar-refractivity contribution is 0.180. The fourth-order valence-corrected chi connectivity index (χ4v) is 3.12. The Morgan fingerprint density at radius 3 is 2.68 bits per heavy atom. The Morgan fingerprint density at radius 1 is 1.28 bits per heavy atom. The zero-order valence-electron chi connectivity index (χ0n) is 14.1. The number of aromatic nitrogens is 3. The molecule has 8 heteroatoms. The van der Waals surface area contributed by atoms with E-state index in [2.05, 4.69) is 15.5 Å². The molecule has 2 aromatic rings. The van der Waals surface area contributed by atoms with Crippen LogP contribution in [0.25, 0.3) is 0 Å². The van der Waals surface area contributed by atoms with Crippen LogP contribution in [-0.4, -0.2) is 45.3 Å². The van der Waals surface area contributed by atoms with Gasteiger partial charge in [0.2, 0.25) is 0 Å². The maximum absolute atomic E-state index is 13.2. The number of amides is 2. The summed E-state index contributed by atoms with van der Waals surface area (Å²) >= 11 is 0. The van der Waals surface area contributed by atoms with E-state index in [1.165, 1.54) is 6.07 Å². The molecule has 1 aliphatic heterocycles. The van der Waals surface area contributed by atoms with Crippen molar-refractivity contribution < 1.29 is 13.6 Å². The van der Waals surface area contributed by atoms with Gasteiger partial charge in [0.05, 0.1) is 0 Å². The van der Waals surface area contributed by atoms with Crippen LogP contribution in [0.1, 0.15) is 30.1 Å². The fourth-order valence-electron chi connectivity index (χ4n) is 3.12. The van der Waals surface area contributed by atoms with Crippen LogP contribution >= 0.6 is 0 Å². The van der Waals surface area contributed by atoms with Gasteiger partial charge in [0.25, 0.3) is 0 Å². The average Bonchev–Trinajstić information content (AvgIpc) is 3.04. The first kappa shape index (κ1) is 17.3. The number of likely N-dealkylation sites (tertiary alicyclic amines) is 1. The summed E-state index contributed by atoms with van der Waals surface area (Å²) in [4.78, 5) is 14.0. The smallest absolute Gasteiger partial charge is 0.317 e. The first-order valence-electron chi connectivity index (χ1n) is 8.35. The Kier molecular flexibility index (Phi) is 5.25. The predicted molar refractivity (Wildman–Crippen MR) is 88.0 cm³/mol. The number of carbonyl (C=O) groups is 1. The van der Waals surface area contributed by atoms with Crippen LogP contribution in [0.4, 0.5) is 13.6 Å². The van der Waals surface area contributed by atoms with Gasteiger partial charge in [-0.3, -0.25) is 0 Å². The second-order valence-corrected chi connectivity index (χ2v) is 6.29. The maximum Gasteiger partial charge on any atom is 0.317 e. The van der Waals surface area contributed by atoms with Crippen molar-refractivity contribution in [3.63, 3.8) is 0 Å². The van der Waals surface area contributed by atoms with Gasteiger partial charge in [-0.15, -0.1) is 10.2 Å². The molecule has 0 radical (unpaired) electrons. The van der Waals surface area contributed by atoms with E-state index in [0.717, 1.165) is 30.8 Å². The van der Waals surface area contributed by atoms with Gasteiger partial charge in [0.15, 0.2) is 11.6 Å².